The number of benzene rings is 1. The van der Waals surface area contributed by atoms with E-state index in [1.54, 1.807) is 18.5 Å². The molecule has 0 radical (unpaired) electrons. The molecule has 0 atom stereocenters. The van der Waals surface area contributed by atoms with Crippen LogP contribution in [0.25, 0.3) is 6.08 Å². The van der Waals surface area contributed by atoms with Crippen molar-refractivity contribution in [2.45, 2.75) is 6.61 Å². The molecule has 2 rings (SSSR count). The number of hydrogen-bond acceptors (Lipinski definition) is 3. The number of pyridine rings is 1. The maximum absolute atomic E-state index is 8.46. The number of allylic oxidation sites excluding steroid dienone is 1. The van der Waals surface area contributed by atoms with Crippen LogP contribution in [0.1, 0.15) is 11.1 Å². The zero-order chi connectivity index (χ0) is 12.6. The Morgan fingerprint density at radius 3 is 2.83 bits per heavy atom. The van der Waals surface area contributed by atoms with Crippen LogP contribution in [0.4, 0.5) is 0 Å². The highest BCUT2D eigenvalue weighted by molar-refractivity contribution is 5.52. The van der Waals surface area contributed by atoms with Gasteiger partial charge in [0.15, 0.2) is 0 Å². The van der Waals surface area contributed by atoms with Gasteiger partial charge in [-0.3, -0.25) is 4.98 Å². The SMILES string of the molecule is N#CC=Cc1cncc(OCc2ccccc2)c1. The quantitative estimate of drug-likeness (QED) is 0.766. The fourth-order valence-electron chi connectivity index (χ4n) is 1.48. The monoisotopic (exact) mass is 236 g/mol. The van der Waals surface area contributed by atoms with Crippen molar-refractivity contribution in [3.05, 3.63) is 66.0 Å². The average molecular weight is 236 g/mol. The third-order valence-corrected chi connectivity index (χ3v) is 2.33. The number of nitrogens with zero attached hydrogens (tertiary/aromatic N) is 2. The Kier molecular flexibility index (Phi) is 4.10. The summed E-state index contributed by atoms with van der Waals surface area (Å²) >= 11 is 0. The molecule has 0 unspecified atom stereocenters. The Balaban J connectivity index is 2.02. The topological polar surface area (TPSA) is 45.9 Å². The molecule has 0 saturated heterocycles. The second-order valence-corrected chi connectivity index (χ2v) is 3.69. The Morgan fingerprint density at radius 2 is 2.06 bits per heavy atom. The first kappa shape index (κ1) is 11.9. The van der Waals surface area contributed by atoms with Gasteiger partial charge in [0.25, 0.3) is 0 Å². The Morgan fingerprint density at radius 1 is 1.22 bits per heavy atom. The maximum atomic E-state index is 8.46. The Labute approximate surface area is 106 Å². The van der Waals surface area contributed by atoms with E-state index in [0.717, 1.165) is 11.1 Å². The maximum Gasteiger partial charge on any atom is 0.138 e. The van der Waals surface area contributed by atoms with Crippen molar-refractivity contribution in [1.29, 1.82) is 5.26 Å². The zero-order valence-corrected chi connectivity index (χ0v) is 9.78. The molecule has 0 amide bonds. The van der Waals surface area contributed by atoms with Gasteiger partial charge in [-0.1, -0.05) is 30.3 Å². The lowest BCUT2D eigenvalue weighted by Crippen LogP contribution is -1.95. The molecule has 88 valence electrons. The van der Waals surface area contributed by atoms with Gasteiger partial charge in [-0.25, -0.2) is 0 Å². The molecule has 0 saturated carbocycles. The summed E-state index contributed by atoms with van der Waals surface area (Å²) in [6.07, 6.45) is 6.45. The molecule has 1 aromatic carbocycles. The normalized spacial score (nSPS) is 10.2. The van der Waals surface area contributed by atoms with Gasteiger partial charge in [-0.15, -0.1) is 0 Å². The second kappa shape index (κ2) is 6.21. The van der Waals surface area contributed by atoms with Gasteiger partial charge in [0.1, 0.15) is 12.4 Å². The van der Waals surface area contributed by atoms with E-state index in [0.29, 0.717) is 12.4 Å². The van der Waals surface area contributed by atoms with Gasteiger partial charge >= 0.3 is 0 Å². The summed E-state index contributed by atoms with van der Waals surface area (Å²) in [7, 11) is 0. The van der Waals surface area contributed by atoms with E-state index < -0.39 is 0 Å². The average Bonchev–Trinajstić information content (AvgIpc) is 2.44. The molecule has 0 spiro atoms. The van der Waals surface area contributed by atoms with Crippen molar-refractivity contribution in [2.24, 2.45) is 0 Å². The second-order valence-electron chi connectivity index (χ2n) is 3.69. The minimum Gasteiger partial charge on any atom is -0.487 e. The van der Waals surface area contributed by atoms with Crippen molar-refractivity contribution >= 4 is 6.08 Å². The summed E-state index contributed by atoms with van der Waals surface area (Å²) in [6, 6.07) is 13.7. The molecule has 0 fully saturated rings. The molecule has 0 bridgehead atoms. The molecule has 0 aliphatic heterocycles. The molecule has 3 nitrogen and oxygen atoms in total. The number of ether oxygens (including phenoxy) is 1. The van der Waals surface area contributed by atoms with E-state index in [9.17, 15) is 0 Å². The fraction of sp³-hybridized carbons (Fsp3) is 0.0667. The van der Waals surface area contributed by atoms with Gasteiger partial charge in [0, 0.05) is 12.3 Å². The summed E-state index contributed by atoms with van der Waals surface area (Å²) in [5, 5.41) is 8.46. The predicted molar refractivity (Wildman–Crippen MR) is 69.7 cm³/mol. The first-order chi connectivity index (χ1) is 8.88. The molecule has 0 N–H and O–H groups in total. The molecule has 18 heavy (non-hydrogen) atoms. The summed E-state index contributed by atoms with van der Waals surface area (Å²) < 4.78 is 5.63. The van der Waals surface area contributed by atoms with Gasteiger partial charge < -0.3 is 4.74 Å². The smallest absolute Gasteiger partial charge is 0.138 e. The van der Waals surface area contributed by atoms with Crippen LogP contribution in [0, 0.1) is 11.3 Å². The highest BCUT2D eigenvalue weighted by atomic mass is 16.5. The number of nitriles is 1. The van der Waals surface area contributed by atoms with Gasteiger partial charge in [-0.2, -0.15) is 5.26 Å². The lowest BCUT2D eigenvalue weighted by molar-refractivity contribution is 0.305. The van der Waals surface area contributed by atoms with E-state index >= 15 is 0 Å². The van der Waals surface area contributed by atoms with Crippen molar-refractivity contribution < 1.29 is 4.74 Å². The summed E-state index contributed by atoms with van der Waals surface area (Å²) in [6.45, 7) is 0.508. The molecule has 2 aromatic rings. The zero-order valence-electron chi connectivity index (χ0n) is 9.78. The number of rotatable bonds is 4. The van der Waals surface area contributed by atoms with Crippen LogP contribution in [0.3, 0.4) is 0 Å². The van der Waals surface area contributed by atoms with Crippen LogP contribution in [-0.2, 0) is 6.61 Å². The van der Waals surface area contributed by atoms with Crippen LogP contribution in [0.2, 0.25) is 0 Å². The third kappa shape index (κ3) is 3.46. The van der Waals surface area contributed by atoms with Crippen LogP contribution in [0.15, 0.2) is 54.9 Å². The Hall–Kier alpha value is -2.60. The van der Waals surface area contributed by atoms with E-state index in [2.05, 4.69) is 4.98 Å². The van der Waals surface area contributed by atoms with Gasteiger partial charge in [0.2, 0.25) is 0 Å². The molecule has 0 aliphatic carbocycles. The molecular formula is C15H12N2O. The first-order valence-electron chi connectivity index (χ1n) is 5.56. The van der Waals surface area contributed by atoms with E-state index in [1.165, 1.54) is 6.08 Å². The molecule has 3 heteroatoms. The molecule has 1 aromatic heterocycles. The van der Waals surface area contributed by atoms with Crippen LogP contribution >= 0.6 is 0 Å². The third-order valence-electron chi connectivity index (χ3n) is 2.33. The predicted octanol–water partition coefficient (Wildman–Crippen LogP) is 3.20. The van der Waals surface area contributed by atoms with Crippen LogP contribution in [0.5, 0.6) is 5.75 Å². The Bertz CT molecular complexity index is 571. The van der Waals surface area contributed by atoms with Crippen molar-refractivity contribution in [3.8, 4) is 11.8 Å². The first-order valence-corrected chi connectivity index (χ1v) is 5.56. The largest absolute Gasteiger partial charge is 0.487 e. The molecule has 0 aliphatic rings. The highest BCUT2D eigenvalue weighted by Crippen LogP contribution is 2.14. The lowest BCUT2D eigenvalue weighted by Gasteiger charge is -2.06. The number of hydrogen-bond donors (Lipinski definition) is 0. The summed E-state index contributed by atoms with van der Waals surface area (Å²) in [5.41, 5.74) is 1.96. The summed E-state index contributed by atoms with van der Waals surface area (Å²) in [5.74, 6) is 0.693. The van der Waals surface area contributed by atoms with Crippen molar-refractivity contribution in [2.75, 3.05) is 0 Å². The molecule has 1 heterocycles. The van der Waals surface area contributed by atoms with Crippen molar-refractivity contribution in [3.63, 3.8) is 0 Å². The van der Waals surface area contributed by atoms with Gasteiger partial charge in [-0.05, 0) is 23.3 Å². The minimum absolute atomic E-state index is 0.508. The van der Waals surface area contributed by atoms with E-state index in [4.69, 9.17) is 10.00 Å². The summed E-state index contributed by atoms with van der Waals surface area (Å²) in [4.78, 5) is 4.06. The van der Waals surface area contributed by atoms with Crippen LogP contribution < -0.4 is 4.74 Å². The minimum atomic E-state index is 0.508. The highest BCUT2D eigenvalue weighted by Gasteiger charge is 1.97. The van der Waals surface area contributed by atoms with E-state index in [1.807, 2.05) is 42.5 Å². The molecular weight excluding hydrogens is 224 g/mol. The standard InChI is InChI=1S/C15H12N2O/c16-8-4-7-14-9-15(11-17-10-14)18-12-13-5-2-1-3-6-13/h1-7,9-11H,12H2. The fourth-order valence-corrected chi connectivity index (χ4v) is 1.48. The van der Waals surface area contributed by atoms with E-state index in [-0.39, 0.29) is 0 Å². The van der Waals surface area contributed by atoms with Crippen LogP contribution in [-0.4, -0.2) is 4.98 Å². The van der Waals surface area contributed by atoms with Gasteiger partial charge in [0.05, 0.1) is 12.3 Å². The van der Waals surface area contributed by atoms with Crippen molar-refractivity contribution in [1.82, 2.24) is 4.98 Å². The lowest BCUT2D eigenvalue weighted by atomic mass is 10.2. The number of aromatic nitrogens is 1.